The van der Waals surface area contributed by atoms with Crippen molar-refractivity contribution in [2.45, 2.75) is 0 Å². The minimum Gasteiger partial charge on any atom is -0.429 e. The number of halogens is 1. The Balaban J connectivity index is 2.44. The van der Waals surface area contributed by atoms with Gasteiger partial charge in [-0.2, -0.15) is 10.4 Å². The number of nitro benzene ring substituents is 1. The molecule has 0 amide bonds. The van der Waals surface area contributed by atoms with E-state index in [-0.39, 0.29) is 27.9 Å². The smallest absolute Gasteiger partial charge is 0.313 e. The van der Waals surface area contributed by atoms with Crippen LogP contribution in [-0.2, 0) is 0 Å². The molecule has 1 heterocycles. The number of nitrogens with zero attached hydrogens (tertiary/aromatic N) is 4. The topological polar surface area (TPSA) is 102 Å². The highest BCUT2D eigenvalue weighted by Gasteiger charge is 2.18. The Bertz CT molecular complexity index is 684. The predicted molar refractivity (Wildman–Crippen MR) is 64.9 cm³/mol. The molecular formula is C11H5ClN4O3. The van der Waals surface area contributed by atoms with Crippen LogP contribution in [0.25, 0.3) is 0 Å². The molecule has 0 spiro atoms. The quantitative estimate of drug-likeness (QED) is 0.631. The average Bonchev–Trinajstić information content (AvgIpc) is 2.41. The maximum atomic E-state index is 10.9. The fourth-order valence-electron chi connectivity index (χ4n) is 1.30. The molecule has 0 saturated carbocycles. The summed E-state index contributed by atoms with van der Waals surface area (Å²) in [7, 11) is 0. The van der Waals surface area contributed by atoms with Crippen LogP contribution in [0.3, 0.4) is 0 Å². The molecule has 0 saturated heterocycles. The van der Waals surface area contributed by atoms with Crippen molar-refractivity contribution in [2.75, 3.05) is 0 Å². The normalized spacial score (nSPS) is 9.68. The Labute approximate surface area is 112 Å². The number of hydrogen-bond donors (Lipinski definition) is 0. The third-order valence-electron chi connectivity index (χ3n) is 2.13. The molecule has 0 aliphatic rings. The van der Waals surface area contributed by atoms with E-state index in [1.54, 1.807) is 0 Å². The SMILES string of the molecule is N#Cc1ccnnc1Oc1ccc(Cl)cc1[N+](=O)[O-]. The van der Waals surface area contributed by atoms with E-state index in [1.165, 1.54) is 24.4 Å². The van der Waals surface area contributed by atoms with Gasteiger partial charge in [0.15, 0.2) is 0 Å². The van der Waals surface area contributed by atoms with Gasteiger partial charge in [0.2, 0.25) is 5.75 Å². The summed E-state index contributed by atoms with van der Waals surface area (Å²) < 4.78 is 5.25. The van der Waals surface area contributed by atoms with Gasteiger partial charge in [-0.25, -0.2) is 0 Å². The zero-order valence-electron chi connectivity index (χ0n) is 9.28. The number of nitro groups is 1. The van der Waals surface area contributed by atoms with Crippen molar-refractivity contribution in [1.82, 2.24) is 10.2 Å². The molecule has 0 bridgehead atoms. The van der Waals surface area contributed by atoms with Gasteiger partial charge in [-0.05, 0) is 18.2 Å². The summed E-state index contributed by atoms with van der Waals surface area (Å²) in [5.41, 5.74) is -0.193. The van der Waals surface area contributed by atoms with Crippen LogP contribution >= 0.6 is 11.6 Å². The average molecular weight is 277 g/mol. The molecule has 2 rings (SSSR count). The fraction of sp³-hybridized carbons (Fsp3) is 0. The number of rotatable bonds is 3. The Hall–Kier alpha value is -2.72. The van der Waals surface area contributed by atoms with Gasteiger partial charge in [0.1, 0.15) is 11.6 Å². The van der Waals surface area contributed by atoms with Gasteiger partial charge in [0.05, 0.1) is 11.1 Å². The second-order valence-corrected chi connectivity index (χ2v) is 3.77. The third-order valence-corrected chi connectivity index (χ3v) is 2.37. The summed E-state index contributed by atoms with van der Waals surface area (Å²) >= 11 is 5.68. The lowest BCUT2D eigenvalue weighted by molar-refractivity contribution is -0.385. The summed E-state index contributed by atoms with van der Waals surface area (Å²) in [6.45, 7) is 0. The van der Waals surface area contributed by atoms with E-state index >= 15 is 0 Å². The first-order chi connectivity index (χ1) is 9.11. The van der Waals surface area contributed by atoms with Crippen LogP contribution in [0.1, 0.15) is 5.56 Å². The molecule has 0 radical (unpaired) electrons. The van der Waals surface area contributed by atoms with Gasteiger partial charge in [0, 0.05) is 11.1 Å². The Morgan fingerprint density at radius 1 is 1.42 bits per heavy atom. The molecule has 0 aliphatic heterocycles. The molecule has 8 heteroatoms. The highest BCUT2D eigenvalue weighted by Crippen LogP contribution is 2.33. The number of ether oxygens (including phenoxy) is 1. The lowest BCUT2D eigenvalue weighted by Crippen LogP contribution is -1.97. The van der Waals surface area contributed by atoms with E-state index in [1.807, 2.05) is 6.07 Å². The summed E-state index contributed by atoms with van der Waals surface area (Å²) in [5, 5.41) is 27.1. The monoisotopic (exact) mass is 276 g/mol. The van der Waals surface area contributed by atoms with Crippen LogP contribution in [0.4, 0.5) is 5.69 Å². The number of hydrogen-bond acceptors (Lipinski definition) is 6. The van der Waals surface area contributed by atoms with Crippen LogP contribution in [0.5, 0.6) is 11.6 Å². The molecular weight excluding hydrogens is 272 g/mol. The molecule has 19 heavy (non-hydrogen) atoms. The molecule has 0 atom stereocenters. The molecule has 94 valence electrons. The Morgan fingerprint density at radius 2 is 2.21 bits per heavy atom. The van der Waals surface area contributed by atoms with Gasteiger partial charge in [-0.3, -0.25) is 10.1 Å². The van der Waals surface area contributed by atoms with Gasteiger partial charge in [-0.1, -0.05) is 11.6 Å². The minimum absolute atomic E-state index is 0.0635. The molecule has 1 aromatic heterocycles. The van der Waals surface area contributed by atoms with E-state index in [4.69, 9.17) is 21.6 Å². The molecule has 0 fully saturated rings. The van der Waals surface area contributed by atoms with Crippen molar-refractivity contribution in [3.05, 3.63) is 51.2 Å². The summed E-state index contributed by atoms with van der Waals surface area (Å²) in [6, 6.07) is 7.16. The molecule has 2 aromatic rings. The summed E-state index contributed by atoms with van der Waals surface area (Å²) in [4.78, 5) is 10.2. The lowest BCUT2D eigenvalue weighted by atomic mass is 10.3. The maximum Gasteiger partial charge on any atom is 0.313 e. The van der Waals surface area contributed by atoms with Crippen molar-refractivity contribution < 1.29 is 9.66 Å². The zero-order valence-corrected chi connectivity index (χ0v) is 10.0. The number of nitriles is 1. The van der Waals surface area contributed by atoms with Crippen molar-refractivity contribution >= 4 is 17.3 Å². The van der Waals surface area contributed by atoms with Crippen LogP contribution < -0.4 is 4.74 Å². The van der Waals surface area contributed by atoms with E-state index in [2.05, 4.69) is 10.2 Å². The van der Waals surface area contributed by atoms with Gasteiger partial charge >= 0.3 is 5.69 Å². The first-order valence-corrected chi connectivity index (χ1v) is 5.33. The van der Waals surface area contributed by atoms with Crippen molar-refractivity contribution in [3.8, 4) is 17.7 Å². The molecule has 0 unspecified atom stereocenters. The standard InChI is InChI=1S/C11H5ClN4O3/c12-8-1-2-10(9(5-8)16(17)18)19-11-7(6-13)3-4-14-15-11/h1-5H. The largest absolute Gasteiger partial charge is 0.429 e. The first-order valence-electron chi connectivity index (χ1n) is 4.95. The summed E-state index contributed by atoms with van der Waals surface area (Å²) in [6.07, 6.45) is 1.32. The van der Waals surface area contributed by atoms with Crippen LogP contribution in [0, 0.1) is 21.4 Å². The zero-order chi connectivity index (χ0) is 13.8. The van der Waals surface area contributed by atoms with Crippen molar-refractivity contribution in [1.29, 1.82) is 5.26 Å². The summed E-state index contributed by atoms with van der Waals surface area (Å²) in [5.74, 6) is -0.165. The number of aromatic nitrogens is 2. The molecule has 0 aliphatic carbocycles. The Morgan fingerprint density at radius 3 is 2.89 bits per heavy atom. The molecule has 1 aromatic carbocycles. The van der Waals surface area contributed by atoms with Crippen LogP contribution in [-0.4, -0.2) is 15.1 Å². The van der Waals surface area contributed by atoms with E-state index in [9.17, 15) is 10.1 Å². The fourth-order valence-corrected chi connectivity index (χ4v) is 1.47. The lowest BCUT2D eigenvalue weighted by Gasteiger charge is -2.05. The minimum atomic E-state index is -0.635. The second kappa shape index (κ2) is 5.29. The van der Waals surface area contributed by atoms with Gasteiger partial charge in [-0.15, -0.1) is 5.10 Å². The van der Waals surface area contributed by atoms with E-state index in [0.29, 0.717) is 0 Å². The van der Waals surface area contributed by atoms with Gasteiger partial charge in [0.25, 0.3) is 5.88 Å². The predicted octanol–water partition coefficient (Wildman–Crippen LogP) is 2.70. The maximum absolute atomic E-state index is 10.9. The second-order valence-electron chi connectivity index (χ2n) is 3.33. The van der Waals surface area contributed by atoms with Crippen LogP contribution in [0.2, 0.25) is 5.02 Å². The van der Waals surface area contributed by atoms with Gasteiger partial charge < -0.3 is 4.74 Å². The highest BCUT2D eigenvalue weighted by atomic mass is 35.5. The van der Waals surface area contributed by atoms with Crippen molar-refractivity contribution in [3.63, 3.8) is 0 Å². The van der Waals surface area contributed by atoms with Crippen LogP contribution in [0.15, 0.2) is 30.5 Å². The first kappa shape index (κ1) is 12.7. The van der Waals surface area contributed by atoms with Crippen molar-refractivity contribution in [2.24, 2.45) is 0 Å². The third kappa shape index (κ3) is 2.75. The number of benzene rings is 1. The van der Waals surface area contributed by atoms with E-state index in [0.717, 1.165) is 6.07 Å². The molecule has 0 N–H and O–H groups in total. The Kier molecular flexibility index (Phi) is 3.54. The highest BCUT2D eigenvalue weighted by molar-refractivity contribution is 6.30. The van der Waals surface area contributed by atoms with E-state index < -0.39 is 4.92 Å². The molecule has 7 nitrogen and oxygen atoms in total.